The van der Waals surface area contributed by atoms with Crippen molar-refractivity contribution in [2.24, 2.45) is 0 Å². The zero-order chi connectivity index (χ0) is 7.68. The van der Waals surface area contributed by atoms with E-state index in [1.54, 1.807) is 12.4 Å². The van der Waals surface area contributed by atoms with Crippen molar-refractivity contribution in [1.29, 1.82) is 0 Å². The Balaban J connectivity index is 2.76. The Morgan fingerprint density at radius 2 is 2.36 bits per heavy atom. The Bertz CT molecular complexity index is 393. The lowest BCUT2D eigenvalue weighted by atomic mass is 10.3. The SMILES string of the molecule is O=Cc1cnc2nc[nH]c2c1. The van der Waals surface area contributed by atoms with Crippen molar-refractivity contribution in [3.63, 3.8) is 0 Å². The summed E-state index contributed by atoms with van der Waals surface area (Å²) >= 11 is 0. The molecule has 0 saturated carbocycles. The molecule has 0 saturated heterocycles. The van der Waals surface area contributed by atoms with Gasteiger partial charge in [0.15, 0.2) is 11.9 Å². The molecule has 2 heterocycles. The predicted molar refractivity (Wildman–Crippen MR) is 39.3 cm³/mol. The Morgan fingerprint density at radius 3 is 3.18 bits per heavy atom. The van der Waals surface area contributed by atoms with E-state index in [2.05, 4.69) is 15.0 Å². The van der Waals surface area contributed by atoms with Crippen LogP contribution < -0.4 is 0 Å². The Kier molecular flexibility index (Phi) is 1.18. The van der Waals surface area contributed by atoms with Crippen LogP contribution in [0.15, 0.2) is 18.6 Å². The first-order chi connectivity index (χ1) is 5.40. The number of aromatic nitrogens is 3. The number of rotatable bonds is 1. The second kappa shape index (κ2) is 2.16. The van der Waals surface area contributed by atoms with Gasteiger partial charge in [-0.2, -0.15) is 0 Å². The first-order valence-electron chi connectivity index (χ1n) is 3.14. The van der Waals surface area contributed by atoms with Crippen LogP contribution in [0.1, 0.15) is 10.4 Å². The lowest BCUT2D eigenvalue weighted by Gasteiger charge is -1.87. The Hall–Kier alpha value is -1.71. The molecule has 0 radical (unpaired) electrons. The van der Waals surface area contributed by atoms with E-state index in [0.717, 1.165) is 11.8 Å². The van der Waals surface area contributed by atoms with Gasteiger partial charge in [-0.05, 0) is 6.07 Å². The molecule has 0 amide bonds. The summed E-state index contributed by atoms with van der Waals surface area (Å²) in [6, 6.07) is 1.71. The quantitative estimate of drug-likeness (QED) is 0.606. The molecule has 0 fully saturated rings. The summed E-state index contributed by atoms with van der Waals surface area (Å²) < 4.78 is 0. The molecule has 2 aromatic rings. The van der Waals surface area contributed by atoms with Crippen LogP contribution in [-0.4, -0.2) is 21.2 Å². The molecule has 0 atom stereocenters. The van der Waals surface area contributed by atoms with Crippen LogP contribution in [0.3, 0.4) is 0 Å². The van der Waals surface area contributed by atoms with Crippen LogP contribution >= 0.6 is 0 Å². The number of pyridine rings is 1. The van der Waals surface area contributed by atoms with Gasteiger partial charge in [-0.25, -0.2) is 9.97 Å². The van der Waals surface area contributed by atoms with Gasteiger partial charge < -0.3 is 4.98 Å². The molecule has 4 heteroatoms. The average molecular weight is 147 g/mol. The first-order valence-corrected chi connectivity index (χ1v) is 3.14. The highest BCUT2D eigenvalue weighted by Crippen LogP contribution is 2.05. The number of aromatic amines is 1. The number of carbonyl (C=O) groups is 1. The number of aldehydes is 1. The van der Waals surface area contributed by atoms with E-state index >= 15 is 0 Å². The Labute approximate surface area is 62.3 Å². The first kappa shape index (κ1) is 6.03. The van der Waals surface area contributed by atoms with E-state index in [4.69, 9.17) is 0 Å². The maximum atomic E-state index is 10.3. The topological polar surface area (TPSA) is 58.6 Å². The molecule has 2 rings (SSSR count). The van der Waals surface area contributed by atoms with Gasteiger partial charge in [0.25, 0.3) is 0 Å². The third kappa shape index (κ3) is 0.881. The number of carbonyl (C=O) groups excluding carboxylic acids is 1. The number of hydrogen-bond donors (Lipinski definition) is 1. The molecule has 0 spiro atoms. The maximum Gasteiger partial charge on any atom is 0.177 e. The number of hydrogen-bond acceptors (Lipinski definition) is 3. The lowest BCUT2D eigenvalue weighted by molar-refractivity contribution is 0.112. The van der Waals surface area contributed by atoms with Crippen molar-refractivity contribution >= 4 is 17.5 Å². The number of nitrogens with zero attached hydrogens (tertiary/aromatic N) is 2. The van der Waals surface area contributed by atoms with Crippen molar-refractivity contribution in [2.75, 3.05) is 0 Å². The third-order valence-corrected chi connectivity index (χ3v) is 1.43. The van der Waals surface area contributed by atoms with Crippen molar-refractivity contribution in [3.05, 3.63) is 24.2 Å². The molecule has 0 aliphatic carbocycles. The predicted octanol–water partition coefficient (Wildman–Crippen LogP) is 0.770. The molecular weight excluding hydrogens is 142 g/mol. The summed E-state index contributed by atoms with van der Waals surface area (Å²) in [5.74, 6) is 0. The van der Waals surface area contributed by atoms with Gasteiger partial charge in [-0.15, -0.1) is 0 Å². The number of H-pyrrole nitrogens is 1. The van der Waals surface area contributed by atoms with Crippen LogP contribution in [0.2, 0.25) is 0 Å². The van der Waals surface area contributed by atoms with E-state index in [0.29, 0.717) is 11.2 Å². The van der Waals surface area contributed by atoms with Gasteiger partial charge in [-0.1, -0.05) is 0 Å². The summed E-state index contributed by atoms with van der Waals surface area (Å²) in [5, 5.41) is 0. The monoisotopic (exact) mass is 147 g/mol. The minimum atomic E-state index is 0.557. The number of nitrogens with one attached hydrogen (secondary N) is 1. The summed E-state index contributed by atoms with van der Waals surface area (Å²) in [6.07, 6.45) is 3.80. The second-order valence-corrected chi connectivity index (χ2v) is 2.16. The van der Waals surface area contributed by atoms with Crippen LogP contribution in [0.5, 0.6) is 0 Å². The molecule has 4 nitrogen and oxygen atoms in total. The van der Waals surface area contributed by atoms with Crippen molar-refractivity contribution in [2.45, 2.75) is 0 Å². The van der Waals surface area contributed by atoms with Crippen LogP contribution in [0.25, 0.3) is 11.2 Å². The molecule has 0 aliphatic heterocycles. The fraction of sp³-hybridized carbons (Fsp3) is 0. The third-order valence-electron chi connectivity index (χ3n) is 1.43. The minimum Gasteiger partial charge on any atom is -0.343 e. The van der Waals surface area contributed by atoms with Crippen LogP contribution in [0.4, 0.5) is 0 Å². The smallest absolute Gasteiger partial charge is 0.177 e. The molecule has 0 aliphatic rings. The second-order valence-electron chi connectivity index (χ2n) is 2.16. The zero-order valence-corrected chi connectivity index (χ0v) is 5.61. The Morgan fingerprint density at radius 1 is 1.45 bits per heavy atom. The molecule has 0 unspecified atom stereocenters. The van der Waals surface area contributed by atoms with E-state index in [-0.39, 0.29) is 0 Å². The van der Waals surface area contributed by atoms with Gasteiger partial charge >= 0.3 is 0 Å². The van der Waals surface area contributed by atoms with Gasteiger partial charge in [0.1, 0.15) is 0 Å². The molecule has 54 valence electrons. The van der Waals surface area contributed by atoms with Gasteiger partial charge in [0.2, 0.25) is 0 Å². The van der Waals surface area contributed by atoms with Crippen LogP contribution in [-0.2, 0) is 0 Å². The molecule has 2 aromatic heterocycles. The summed E-state index contributed by atoms with van der Waals surface area (Å²) in [7, 11) is 0. The fourth-order valence-electron chi connectivity index (χ4n) is 0.910. The van der Waals surface area contributed by atoms with Gasteiger partial charge in [0.05, 0.1) is 11.8 Å². The number of fused-ring (bicyclic) bond motifs is 1. The summed E-state index contributed by atoms with van der Waals surface area (Å²) in [6.45, 7) is 0. The zero-order valence-electron chi connectivity index (χ0n) is 5.61. The minimum absolute atomic E-state index is 0.557. The van der Waals surface area contributed by atoms with Gasteiger partial charge in [-0.3, -0.25) is 4.79 Å². The number of imidazole rings is 1. The van der Waals surface area contributed by atoms with Gasteiger partial charge in [0, 0.05) is 11.8 Å². The highest BCUT2D eigenvalue weighted by atomic mass is 16.1. The summed E-state index contributed by atoms with van der Waals surface area (Å²) in [5.41, 5.74) is 1.98. The van der Waals surface area contributed by atoms with E-state index in [1.165, 1.54) is 6.20 Å². The highest BCUT2D eigenvalue weighted by Gasteiger charge is 1.96. The van der Waals surface area contributed by atoms with Crippen molar-refractivity contribution in [1.82, 2.24) is 15.0 Å². The molecule has 11 heavy (non-hydrogen) atoms. The van der Waals surface area contributed by atoms with E-state index in [1.807, 2.05) is 0 Å². The van der Waals surface area contributed by atoms with E-state index in [9.17, 15) is 4.79 Å². The standard InChI is InChI=1S/C7H5N3O/c11-3-5-1-6-7(8-2-5)10-4-9-6/h1-4H,(H,8,9,10). The van der Waals surface area contributed by atoms with Crippen molar-refractivity contribution < 1.29 is 4.79 Å². The molecule has 0 bridgehead atoms. The molecule has 0 aromatic carbocycles. The fourth-order valence-corrected chi connectivity index (χ4v) is 0.910. The molecule has 1 N–H and O–H groups in total. The van der Waals surface area contributed by atoms with Crippen molar-refractivity contribution in [3.8, 4) is 0 Å². The van der Waals surface area contributed by atoms with E-state index < -0.39 is 0 Å². The highest BCUT2D eigenvalue weighted by molar-refractivity contribution is 5.81. The average Bonchev–Trinajstić information content (AvgIpc) is 2.50. The normalized spacial score (nSPS) is 10.2. The maximum absolute atomic E-state index is 10.3. The largest absolute Gasteiger partial charge is 0.343 e. The summed E-state index contributed by atoms with van der Waals surface area (Å²) in [4.78, 5) is 21.0. The molecular formula is C7H5N3O. The lowest BCUT2D eigenvalue weighted by Crippen LogP contribution is -1.82. The van der Waals surface area contributed by atoms with Crippen LogP contribution in [0, 0.1) is 0 Å².